The molecule has 1 aromatic heterocycles. The maximum absolute atomic E-state index is 11.0. The van der Waals surface area contributed by atoms with Crippen LogP contribution in [0.25, 0.3) is 0 Å². The molecule has 0 saturated heterocycles. The van der Waals surface area contributed by atoms with E-state index in [0.717, 1.165) is 25.7 Å². The molecule has 0 atom stereocenters. The number of carbonyl (C=O) groups is 1. The summed E-state index contributed by atoms with van der Waals surface area (Å²) in [4.78, 5) is 19.6. The molecule has 98 valence electrons. The Morgan fingerprint density at radius 1 is 1.33 bits per heavy atom. The van der Waals surface area contributed by atoms with Crippen molar-refractivity contribution in [1.82, 2.24) is 9.97 Å². The van der Waals surface area contributed by atoms with Gasteiger partial charge in [-0.3, -0.25) is 0 Å². The lowest BCUT2D eigenvalue weighted by atomic mass is 9.84. The molecule has 5 heteroatoms. The van der Waals surface area contributed by atoms with E-state index >= 15 is 0 Å². The molecule has 1 aromatic rings. The smallest absolute Gasteiger partial charge is 0.354 e. The largest absolute Gasteiger partial charge is 0.477 e. The van der Waals surface area contributed by atoms with Gasteiger partial charge in [-0.05, 0) is 25.8 Å². The van der Waals surface area contributed by atoms with E-state index in [1.807, 2.05) is 0 Å². The van der Waals surface area contributed by atoms with Gasteiger partial charge in [-0.1, -0.05) is 19.3 Å². The Bertz CT molecular complexity index is 454. The summed E-state index contributed by atoms with van der Waals surface area (Å²) >= 11 is 0. The van der Waals surface area contributed by atoms with Crippen LogP contribution in [0.5, 0.6) is 0 Å². The minimum atomic E-state index is -1.02. The molecule has 18 heavy (non-hydrogen) atoms. The number of carboxylic acids is 1. The molecule has 0 unspecified atom stereocenters. The van der Waals surface area contributed by atoms with Crippen LogP contribution in [-0.2, 0) is 10.3 Å². The van der Waals surface area contributed by atoms with Crippen LogP contribution in [0.15, 0.2) is 6.07 Å². The molecule has 1 saturated carbocycles. The van der Waals surface area contributed by atoms with Crippen molar-refractivity contribution in [1.29, 1.82) is 0 Å². The quantitative estimate of drug-likeness (QED) is 0.891. The Morgan fingerprint density at radius 2 is 2.00 bits per heavy atom. The molecule has 1 heterocycles. The van der Waals surface area contributed by atoms with E-state index in [2.05, 4.69) is 9.97 Å². The predicted molar refractivity (Wildman–Crippen MR) is 65.5 cm³/mol. The fourth-order valence-electron chi connectivity index (χ4n) is 2.52. The number of hydrogen-bond acceptors (Lipinski definition) is 4. The number of methoxy groups -OCH3 is 1. The highest BCUT2D eigenvalue weighted by Crippen LogP contribution is 2.38. The van der Waals surface area contributed by atoms with Gasteiger partial charge in [0.2, 0.25) is 0 Å². The monoisotopic (exact) mass is 250 g/mol. The summed E-state index contributed by atoms with van der Waals surface area (Å²) in [6.07, 6.45) is 5.02. The summed E-state index contributed by atoms with van der Waals surface area (Å²) in [5, 5.41) is 9.06. The first kappa shape index (κ1) is 13.0. The highest BCUT2D eigenvalue weighted by Gasteiger charge is 2.37. The van der Waals surface area contributed by atoms with Crippen molar-refractivity contribution >= 4 is 5.97 Å². The third-order valence-electron chi connectivity index (χ3n) is 3.53. The third kappa shape index (κ3) is 2.36. The van der Waals surface area contributed by atoms with Crippen LogP contribution >= 0.6 is 0 Å². The van der Waals surface area contributed by atoms with E-state index in [4.69, 9.17) is 9.84 Å². The van der Waals surface area contributed by atoms with Gasteiger partial charge in [0.15, 0.2) is 11.5 Å². The molecule has 0 amide bonds. The molecule has 2 rings (SSSR count). The third-order valence-corrected chi connectivity index (χ3v) is 3.53. The number of hydrogen-bond donors (Lipinski definition) is 1. The van der Waals surface area contributed by atoms with Gasteiger partial charge in [-0.2, -0.15) is 0 Å². The zero-order valence-electron chi connectivity index (χ0n) is 10.8. The van der Waals surface area contributed by atoms with E-state index < -0.39 is 11.6 Å². The summed E-state index contributed by atoms with van der Waals surface area (Å²) in [5.74, 6) is -0.508. The van der Waals surface area contributed by atoms with E-state index in [0.29, 0.717) is 11.5 Å². The normalized spacial score (nSPS) is 18.6. The lowest BCUT2D eigenvalue weighted by Gasteiger charge is -2.34. The molecule has 0 bridgehead atoms. The number of rotatable bonds is 3. The van der Waals surface area contributed by atoms with Crippen molar-refractivity contribution in [2.24, 2.45) is 0 Å². The van der Waals surface area contributed by atoms with Gasteiger partial charge in [-0.15, -0.1) is 0 Å². The van der Waals surface area contributed by atoms with Crippen molar-refractivity contribution < 1.29 is 14.6 Å². The summed E-state index contributed by atoms with van der Waals surface area (Å²) in [6, 6.07) is 1.48. The van der Waals surface area contributed by atoms with Gasteiger partial charge in [0.05, 0.1) is 0 Å². The van der Waals surface area contributed by atoms with Crippen molar-refractivity contribution in [2.75, 3.05) is 7.11 Å². The van der Waals surface area contributed by atoms with Crippen LogP contribution in [0.2, 0.25) is 0 Å². The van der Waals surface area contributed by atoms with Gasteiger partial charge in [0.25, 0.3) is 0 Å². The fourth-order valence-corrected chi connectivity index (χ4v) is 2.52. The van der Waals surface area contributed by atoms with Crippen molar-refractivity contribution in [3.05, 3.63) is 23.3 Å². The number of carboxylic acid groups (broad SMARTS) is 1. The van der Waals surface area contributed by atoms with Gasteiger partial charge >= 0.3 is 5.97 Å². The molecular weight excluding hydrogens is 232 g/mol. The Hall–Kier alpha value is -1.49. The fraction of sp³-hybridized carbons (Fsp3) is 0.615. The van der Waals surface area contributed by atoms with Crippen LogP contribution in [0.3, 0.4) is 0 Å². The van der Waals surface area contributed by atoms with E-state index in [9.17, 15) is 4.79 Å². The first-order valence-corrected chi connectivity index (χ1v) is 6.22. The van der Waals surface area contributed by atoms with Crippen molar-refractivity contribution in [3.8, 4) is 0 Å². The number of nitrogens with zero attached hydrogens (tertiary/aromatic N) is 2. The standard InChI is InChI=1S/C13H18N2O3/c1-9-8-10(11(16)17)15-12(14-9)13(18-2)6-4-3-5-7-13/h8H,3-7H2,1-2H3,(H,16,17). The highest BCUT2D eigenvalue weighted by atomic mass is 16.5. The van der Waals surface area contributed by atoms with Crippen LogP contribution in [0.1, 0.15) is 54.1 Å². The van der Waals surface area contributed by atoms with Gasteiger partial charge in [-0.25, -0.2) is 14.8 Å². The van der Waals surface area contributed by atoms with Crippen LogP contribution in [0.4, 0.5) is 0 Å². The number of aryl methyl sites for hydroxylation is 1. The lowest BCUT2D eigenvalue weighted by molar-refractivity contribution is -0.0517. The maximum atomic E-state index is 11.0. The summed E-state index contributed by atoms with van der Waals surface area (Å²) in [5.41, 5.74) is 0.202. The minimum Gasteiger partial charge on any atom is -0.477 e. The van der Waals surface area contributed by atoms with E-state index in [1.165, 1.54) is 12.5 Å². The van der Waals surface area contributed by atoms with Gasteiger partial charge < -0.3 is 9.84 Å². The zero-order valence-corrected chi connectivity index (χ0v) is 10.8. The van der Waals surface area contributed by atoms with Crippen LogP contribution in [-0.4, -0.2) is 28.2 Å². The van der Waals surface area contributed by atoms with Crippen LogP contribution in [0, 0.1) is 6.92 Å². The molecule has 1 N–H and O–H groups in total. The minimum absolute atomic E-state index is 0.0412. The van der Waals surface area contributed by atoms with Crippen molar-refractivity contribution in [2.45, 2.75) is 44.6 Å². The summed E-state index contributed by atoms with van der Waals surface area (Å²) < 4.78 is 5.64. The maximum Gasteiger partial charge on any atom is 0.354 e. The number of aromatic nitrogens is 2. The second-order valence-corrected chi connectivity index (χ2v) is 4.78. The van der Waals surface area contributed by atoms with Gasteiger partial charge in [0, 0.05) is 12.8 Å². The van der Waals surface area contributed by atoms with Crippen LogP contribution < -0.4 is 0 Å². The first-order valence-electron chi connectivity index (χ1n) is 6.22. The lowest BCUT2D eigenvalue weighted by Crippen LogP contribution is -2.34. The first-order chi connectivity index (χ1) is 8.57. The van der Waals surface area contributed by atoms with Crippen molar-refractivity contribution in [3.63, 3.8) is 0 Å². The molecule has 1 aliphatic rings. The average molecular weight is 250 g/mol. The zero-order chi connectivity index (χ0) is 13.2. The topological polar surface area (TPSA) is 72.3 Å². The number of ether oxygens (including phenoxy) is 1. The molecule has 1 fully saturated rings. The van der Waals surface area contributed by atoms with E-state index in [-0.39, 0.29) is 5.69 Å². The summed E-state index contributed by atoms with van der Waals surface area (Å²) in [6.45, 7) is 1.78. The number of aromatic carboxylic acids is 1. The molecule has 0 aliphatic heterocycles. The molecule has 1 aliphatic carbocycles. The van der Waals surface area contributed by atoms with Gasteiger partial charge in [0.1, 0.15) is 5.60 Å². The highest BCUT2D eigenvalue weighted by molar-refractivity contribution is 5.85. The van der Waals surface area contributed by atoms with E-state index in [1.54, 1.807) is 14.0 Å². The second-order valence-electron chi connectivity index (χ2n) is 4.78. The Kier molecular flexibility index (Phi) is 3.61. The SMILES string of the molecule is COC1(c2nc(C)cc(C(=O)O)n2)CCCCC1. The molecule has 0 spiro atoms. The molecule has 5 nitrogen and oxygen atoms in total. The molecular formula is C13H18N2O3. The predicted octanol–water partition coefficient (Wildman–Crippen LogP) is 2.29. The molecule has 0 aromatic carbocycles. The summed E-state index contributed by atoms with van der Waals surface area (Å²) in [7, 11) is 1.65. The average Bonchev–Trinajstić information content (AvgIpc) is 2.38. The Morgan fingerprint density at radius 3 is 2.56 bits per heavy atom. The molecule has 0 radical (unpaired) electrons. The Balaban J connectivity index is 2.44. The Labute approximate surface area is 106 Å². The second kappa shape index (κ2) is 5.02.